The average Bonchev–Trinajstić information content (AvgIpc) is 2.92. The van der Waals surface area contributed by atoms with Crippen LogP contribution >= 0.6 is 0 Å². The molecular weight excluding hydrogens is 340 g/mol. The predicted octanol–water partition coefficient (Wildman–Crippen LogP) is 3.68. The molecule has 2 N–H and O–H groups in total. The molecule has 0 amide bonds. The average molecular weight is 368 g/mol. The van der Waals surface area contributed by atoms with Gasteiger partial charge in [-0.1, -0.05) is 12.5 Å². The Hall–Kier alpha value is -2.63. The summed E-state index contributed by atoms with van der Waals surface area (Å²) >= 11 is 0. The summed E-state index contributed by atoms with van der Waals surface area (Å²) in [6, 6.07) is 5.94. The number of esters is 1. The second kappa shape index (κ2) is 7.55. The van der Waals surface area contributed by atoms with E-state index in [4.69, 9.17) is 10.5 Å². The predicted molar refractivity (Wildman–Crippen MR) is 106 cm³/mol. The Bertz CT molecular complexity index is 844. The van der Waals surface area contributed by atoms with Crippen molar-refractivity contribution >= 4 is 17.7 Å². The Morgan fingerprint density at radius 1 is 1.33 bits per heavy atom. The van der Waals surface area contributed by atoms with Crippen molar-refractivity contribution in [2.24, 2.45) is 13.0 Å². The highest BCUT2D eigenvalue weighted by Crippen LogP contribution is 2.43. The smallest absolute Gasteiger partial charge is 0.331 e. The molecule has 0 spiro atoms. The lowest BCUT2D eigenvalue weighted by Gasteiger charge is -2.33. The van der Waals surface area contributed by atoms with Crippen LogP contribution in [0.5, 0.6) is 0 Å². The van der Waals surface area contributed by atoms with E-state index in [2.05, 4.69) is 16.3 Å². The van der Waals surface area contributed by atoms with E-state index in [1.165, 1.54) is 25.3 Å². The molecule has 1 aromatic carbocycles. The zero-order chi connectivity index (χ0) is 19.6. The summed E-state index contributed by atoms with van der Waals surface area (Å²) in [7, 11) is 1.97. The lowest BCUT2D eigenvalue weighted by atomic mass is 9.72. The Labute approximate surface area is 160 Å². The summed E-state index contributed by atoms with van der Waals surface area (Å²) in [5.74, 6) is 1.28. The maximum absolute atomic E-state index is 12.0. The fraction of sp³-hybridized carbons (Fsp3) is 0.476. The molecule has 2 aromatic rings. The number of ether oxygens (including phenoxy) is 1. The van der Waals surface area contributed by atoms with Crippen LogP contribution in [0.4, 0.5) is 5.69 Å². The third kappa shape index (κ3) is 4.76. The molecule has 0 radical (unpaired) electrons. The van der Waals surface area contributed by atoms with Crippen LogP contribution in [0.1, 0.15) is 62.9 Å². The topological polar surface area (TPSA) is 83.0 Å². The fourth-order valence-corrected chi connectivity index (χ4v) is 3.46. The molecule has 1 aliphatic rings. The molecule has 3 rings (SSSR count). The van der Waals surface area contributed by atoms with Crippen molar-refractivity contribution in [1.82, 2.24) is 14.8 Å². The number of carbonyl (C=O) groups excluding carboxylic acids is 1. The number of rotatable bonds is 5. The van der Waals surface area contributed by atoms with Crippen LogP contribution in [0.2, 0.25) is 0 Å². The van der Waals surface area contributed by atoms with Gasteiger partial charge in [0.15, 0.2) is 0 Å². The number of benzene rings is 1. The van der Waals surface area contributed by atoms with Gasteiger partial charge in [0.1, 0.15) is 17.8 Å². The molecule has 0 saturated heterocycles. The maximum Gasteiger partial charge on any atom is 0.331 e. The third-order valence-electron chi connectivity index (χ3n) is 4.82. The summed E-state index contributed by atoms with van der Waals surface area (Å²) in [5.41, 5.74) is 8.31. The van der Waals surface area contributed by atoms with Gasteiger partial charge in [-0.05, 0) is 68.9 Å². The van der Waals surface area contributed by atoms with E-state index in [-0.39, 0.29) is 11.9 Å². The summed E-state index contributed by atoms with van der Waals surface area (Å²) in [6.07, 6.45) is 8.53. The summed E-state index contributed by atoms with van der Waals surface area (Å²) in [4.78, 5) is 12.0. The fourth-order valence-electron chi connectivity index (χ4n) is 3.46. The molecule has 1 fully saturated rings. The summed E-state index contributed by atoms with van der Waals surface area (Å²) in [6.45, 7) is 5.55. The van der Waals surface area contributed by atoms with Gasteiger partial charge in [0.25, 0.3) is 0 Å². The summed E-state index contributed by atoms with van der Waals surface area (Å²) < 4.78 is 7.30. The van der Waals surface area contributed by atoms with E-state index in [1.807, 2.05) is 44.5 Å². The Morgan fingerprint density at radius 3 is 2.63 bits per heavy atom. The molecule has 27 heavy (non-hydrogen) atoms. The van der Waals surface area contributed by atoms with Crippen LogP contribution in [0.25, 0.3) is 6.08 Å². The first kappa shape index (κ1) is 19.1. The van der Waals surface area contributed by atoms with Gasteiger partial charge in [-0.25, -0.2) is 4.79 Å². The number of anilines is 1. The number of nitrogen functional groups attached to an aromatic ring is 1. The maximum atomic E-state index is 12.0. The zero-order valence-corrected chi connectivity index (χ0v) is 16.5. The van der Waals surface area contributed by atoms with Crippen LogP contribution in [0, 0.1) is 5.92 Å². The van der Waals surface area contributed by atoms with Crippen LogP contribution in [-0.4, -0.2) is 26.3 Å². The Morgan fingerprint density at radius 2 is 2.07 bits per heavy atom. The SMILES string of the molecule is Cn1cnnc1C(c1cc(N)cc(/C=C/C(=O)OC(C)(C)C)c1)C1CCC1. The van der Waals surface area contributed by atoms with Crippen LogP contribution in [0.15, 0.2) is 30.6 Å². The van der Waals surface area contributed by atoms with Crippen molar-refractivity contribution in [2.75, 3.05) is 5.73 Å². The Balaban J connectivity index is 1.89. The molecular formula is C21H28N4O2. The zero-order valence-electron chi connectivity index (χ0n) is 16.5. The Kier molecular flexibility index (Phi) is 5.35. The van der Waals surface area contributed by atoms with Crippen molar-refractivity contribution in [2.45, 2.75) is 51.6 Å². The molecule has 1 saturated carbocycles. The molecule has 1 aromatic heterocycles. The molecule has 0 aliphatic heterocycles. The largest absolute Gasteiger partial charge is 0.457 e. The van der Waals surface area contributed by atoms with Crippen molar-refractivity contribution in [3.63, 3.8) is 0 Å². The van der Waals surface area contributed by atoms with E-state index < -0.39 is 5.60 Å². The van der Waals surface area contributed by atoms with Gasteiger partial charge in [-0.2, -0.15) is 0 Å². The first-order valence-corrected chi connectivity index (χ1v) is 9.38. The van der Waals surface area contributed by atoms with E-state index in [9.17, 15) is 4.79 Å². The van der Waals surface area contributed by atoms with Gasteiger partial charge in [0.05, 0.1) is 0 Å². The summed E-state index contributed by atoms with van der Waals surface area (Å²) in [5, 5.41) is 8.40. The van der Waals surface area contributed by atoms with Crippen molar-refractivity contribution in [3.05, 3.63) is 47.6 Å². The first-order valence-electron chi connectivity index (χ1n) is 9.38. The number of nitrogens with two attached hydrogens (primary N) is 1. The van der Waals surface area contributed by atoms with Crippen LogP contribution in [-0.2, 0) is 16.6 Å². The van der Waals surface area contributed by atoms with Crippen molar-refractivity contribution < 1.29 is 9.53 Å². The number of aryl methyl sites for hydroxylation is 1. The number of hydrogen-bond acceptors (Lipinski definition) is 5. The van der Waals surface area contributed by atoms with Gasteiger partial charge in [0.2, 0.25) is 0 Å². The number of nitrogens with zero attached hydrogens (tertiary/aromatic N) is 3. The minimum atomic E-state index is -0.511. The third-order valence-corrected chi connectivity index (χ3v) is 4.82. The molecule has 6 heteroatoms. The van der Waals surface area contributed by atoms with E-state index in [1.54, 1.807) is 12.4 Å². The first-order chi connectivity index (χ1) is 12.7. The lowest BCUT2D eigenvalue weighted by molar-refractivity contribution is -0.148. The highest BCUT2D eigenvalue weighted by molar-refractivity contribution is 5.87. The van der Waals surface area contributed by atoms with Gasteiger partial charge < -0.3 is 15.0 Å². The quantitative estimate of drug-likeness (QED) is 0.494. The number of hydrogen-bond donors (Lipinski definition) is 1. The van der Waals surface area contributed by atoms with Gasteiger partial charge in [0, 0.05) is 24.7 Å². The minimum absolute atomic E-state index is 0.156. The van der Waals surface area contributed by atoms with E-state index in [0.29, 0.717) is 11.6 Å². The van der Waals surface area contributed by atoms with Crippen LogP contribution < -0.4 is 5.73 Å². The molecule has 1 aliphatic carbocycles. The van der Waals surface area contributed by atoms with Gasteiger partial charge in [-0.15, -0.1) is 10.2 Å². The molecule has 1 atom stereocenters. The standard InChI is InChI=1S/C21H28N4O2/c1-21(2,3)27-18(26)9-8-14-10-16(12-17(22)11-14)19(15-6-5-7-15)20-24-23-13-25(20)4/h8-13,15,19H,5-7,22H2,1-4H3/b9-8+. The minimum Gasteiger partial charge on any atom is -0.457 e. The molecule has 6 nitrogen and oxygen atoms in total. The lowest BCUT2D eigenvalue weighted by Crippen LogP contribution is -2.24. The molecule has 1 unspecified atom stereocenters. The van der Waals surface area contributed by atoms with E-state index in [0.717, 1.165) is 17.0 Å². The van der Waals surface area contributed by atoms with Crippen molar-refractivity contribution in [1.29, 1.82) is 0 Å². The van der Waals surface area contributed by atoms with Gasteiger partial charge in [-0.3, -0.25) is 0 Å². The second-order valence-electron chi connectivity index (χ2n) is 8.27. The van der Waals surface area contributed by atoms with E-state index >= 15 is 0 Å². The van der Waals surface area contributed by atoms with Crippen molar-refractivity contribution in [3.8, 4) is 0 Å². The second-order valence-corrected chi connectivity index (χ2v) is 8.27. The van der Waals surface area contributed by atoms with Gasteiger partial charge >= 0.3 is 5.97 Å². The number of carbonyl (C=O) groups is 1. The number of aromatic nitrogens is 3. The monoisotopic (exact) mass is 368 g/mol. The molecule has 1 heterocycles. The normalized spacial score (nSPS) is 16.3. The highest BCUT2D eigenvalue weighted by atomic mass is 16.6. The molecule has 144 valence electrons. The highest BCUT2D eigenvalue weighted by Gasteiger charge is 2.33. The molecule has 0 bridgehead atoms. The van der Waals surface area contributed by atoms with Crippen LogP contribution in [0.3, 0.4) is 0 Å².